The molecule has 1 aliphatic carbocycles. The average molecular weight is 417 g/mol. The first-order chi connectivity index (χ1) is 13.1. The lowest BCUT2D eigenvalue weighted by molar-refractivity contribution is -0.274. The second-order valence-corrected chi connectivity index (χ2v) is 8.19. The molecule has 1 saturated carbocycles. The van der Waals surface area contributed by atoms with Crippen LogP contribution in [0.2, 0.25) is 0 Å². The van der Waals surface area contributed by atoms with Gasteiger partial charge in [0.15, 0.2) is 0 Å². The van der Waals surface area contributed by atoms with Crippen LogP contribution in [-0.2, 0) is 10.0 Å². The summed E-state index contributed by atoms with van der Waals surface area (Å²) < 4.78 is 68.1. The van der Waals surface area contributed by atoms with Gasteiger partial charge in [0.05, 0.1) is 23.1 Å². The molecule has 0 heterocycles. The van der Waals surface area contributed by atoms with E-state index in [1.165, 1.54) is 0 Å². The summed E-state index contributed by atoms with van der Waals surface area (Å²) in [6.07, 6.45) is -7.16. The lowest BCUT2D eigenvalue weighted by Gasteiger charge is -2.23. The molecule has 10 heteroatoms. The van der Waals surface area contributed by atoms with Crippen molar-refractivity contribution in [2.75, 3.05) is 0 Å². The van der Waals surface area contributed by atoms with Crippen LogP contribution < -0.4 is 9.46 Å². The van der Waals surface area contributed by atoms with Gasteiger partial charge in [-0.05, 0) is 36.2 Å². The quantitative estimate of drug-likeness (QED) is 0.693. The van der Waals surface area contributed by atoms with Crippen molar-refractivity contribution in [2.45, 2.75) is 41.8 Å². The van der Waals surface area contributed by atoms with Gasteiger partial charge in [0, 0.05) is 5.92 Å². The van der Waals surface area contributed by atoms with Crippen molar-refractivity contribution in [3.63, 3.8) is 0 Å². The highest BCUT2D eigenvalue weighted by atomic mass is 32.2. The van der Waals surface area contributed by atoms with Gasteiger partial charge >= 0.3 is 6.36 Å². The molecule has 2 aromatic carbocycles. The molecule has 0 unspecified atom stereocenters. The molecular formula is C18H18F3NO5S. The van der Waals surface area contributed by atoms with E-state index in [9.17, 15) is 31.8 Å². The molecule has 0 radical (unpaired) electrons. The fourth-order valence-corrected chi connectivity index (χ4v) is 4.58. The lowest BCUT2D eigenvalue weighted by Crippen LogP contribution is -2.45. The van der Waals surface area contributed by atoms with E-state index in [-0.39, 0.29) is 11.3 Å². The van der Waals surface area contributed by atoms with Crippen LogP contribution in [0.1, 0.15) is 17.9 Å². The topological polar surface area (TPSA) is 95.9 Å². The van der Waals surface area contributed by atoms with Crippen LogP contribution in [-0.4, -0.2) is 43.2 Å². The summed E-state index contributed by atoms with van der Waals surface area (Å²) in [7, 11) is -4.16. The standard InChI is InChI=1S/C18H18F3NO5S/c19-18(20,21)27-12-6-8-13(9-7-12)28(25,26)22-16-14(10-15(23)17(16)24)11-4-2-1-3-5-11/h1-9,14-17,22-24H,10H2/t14-,15-,16-,17-/m1/s1. The zero-order valence-electron chi connectivity index (χ0n) is 14.4. The first kappa shape index (κ1) is 20.6. The third-order valence-electron chi connectivity index (χ3n) is 4.58. The SMILES string of the molecule is O=S(=O)(N[C@H]1[C@H](O)[C@H](O)C[C@@H]1c1ccccc1)c1ccc(OC(F)(F)F)cc1. The van der Waals surface area contributed by atoms with E-state index in [2.05, 4.69) is 9.46 Å². The summed E-state index contributed by atoms with van der Waals surface area (Å²) in [4.78, 5) is -0.289. The van der Waals surface area contributed by atoms with Crippen LogP contribution >= 0.6 is 0 Å². The third-order valence-corrected chi connectivity index (χ3v) is 6.05. The van der Waals surface area contributed by atoms with Gasteiger partial charge in [-0.15, -0.1) is 13.2 Å². The van der Waals surface area contributed by atoms with Gasteiger partial charge in [0.2, 0.25) is 10.0 Å². The monoisotopic (exact) mass is 417 g/mol. The van der Waals surface area contributed by atoms with Gasteiger partial charge in [0.1, 0.15) is 5.75 Å². The van der Waals surface area contributed by atoms with Crippen molar-refractivity contribution >= 4 is 10.0 Å². The maximum Gasteiger partial charge on any atom is 0.573 e. The summed E-state index contributed by atoms with van der Waals surface area (Å²) in [5, 5.41) is 20.3. The van der Waals surface area contributed by atoms with Crippen LogP contribution in [0.5, 0.6) is 5.75 Å². The van der Waals surface area contributed by atoms with Gasteiger partial charge in [-0.2, -0.15) is 0 Å². The Morgan fingerprint density at radius 3 is 2.18 bits per heavy atom. The van der Waals surface area contributed by atoms with E-state index >= 15 is 0 Å². The number of alkyl halides is 3. The number of ether oxygens (including phenoxy) is 1. The second-order valence-electron chi connectivity index (χ2n) is 6.48. The van der Waals surface area contributed by atoms with Gasteiger partial charge < -0.3 is 14.9 Å². The molecule has 6 nitrogen and oxygen atoms in total. The Balaban J connectivity index is 1.82. The Morgan fingerprint density at radius 2 is 1.61 bits per heavy atom. The molecule has 1 fully saturated rings. The largest absolute Gasteiger partial charge is 0.573 e. The fraction of sp³-hybridized carbons (Fsp3) is 0.333. The van der Waals surface area contributed by atoms with Gasteiger partial charge in [0.25, 0.3) is 0 Å². The molecule has 1 aliphatic rings. The maximum atomic E-state index is 12.6. The van der Waals surface area contributed by atoms with Crippen molar-refractivity contribution in [3.05, 3.63) is 60.2 Å². The number of nitrogens with one attached hydrogen (secondary N) is 1. The molecule has 3 N–H and O–H groups in total. The number of aliphatic hydroxyl groups is 2. The maximum absolute atomic E-state index is 12.6. The van der Waals surface area contributed by atoms with Gasteiger partial charge in [-0.3, -0.25) is 0 Å². The predicted molar refractivity (Wildman–Crippen MR) is 93.0 cm³/mol. The van der Waals surface area contributed by atoms with Crippen LogP contribution in [0, 0.1) is 0 Å². The molecule has 0 aromatic heterocycles. The summed E-state index contributed by atoms with van der Waals surface area (Å²) >= 11 is 0. The molecule has 2 aromatic rings. The zero-order chi connectivity index (χ0) is 20.5. The second kappa shape index (κ2) is 7.70. The first-order valence-corrected chi connectivity index (χ1v) is 9.84. The number of hydrogen-bond donors (Lipinski definition) is 3. The van der Waals surface area contributed by atoms with E-state index in [1.54, 1.807) is 30.3 Å². The molecule has 0 saturated heterocycles. The minimum atomic E-state index is -4.88. The Labute approximate surface area is 159 Å². The summed E-state index contributed by atoms with van der Waals surface area (Å²) in [5.41, 5.74) is 0.750. The molecule has 3 rings (SSSR count). The van der Waals surface area contributed by atoms with Crippen molar-refractivity contribution in [2.24, 2.45) is 0 Å². The van der Waals surface area contributed by atoms with E-state index in [0.717, 1.165) is 29.8 Å². The van der Waals surface area contributed by atoms with E-state index in [0.29, 0.717) is 0 Å². The molecular weight excluding hydrogens is 399 g/mol. The molecule has 28 heavy (non-hydrogen) atoms. The smallest absolute Gasteiger partial charge is 0.406 e. The molecule has 152 valence electrons. The third kappa shape index (κ3) is 4.64. The van der Waals surface area contributed by atoms with Crippen LogP contribution in [0.3, 0.4) is 0 Å². The van der Waals surface area contributed by atoms with Crippen molar-refractivity contribution in [3.8, 4) is 5.75 Å². The Morgan fingerprint density at radius 1 is 1.00 bits per heavy atom. The molecule has 0 spiro atoms. The number of aliphatic hydroxyl groups excluding tert-OH is 2. The Hall–Kier alpha value is -2.14. The highest BCUT2D eigenvalue weighted by Gasteiger charge is 2.44. The highest BCUT2D eigenvalue weighted by Crippen LogP contribution is 2.36. The normalized spacial score (nSPS) is 25.6. The Bertz CT molecular complexity index is 903. The predicted octanol–water partition coefficient (Wildman–Crippen LogP) is 2.14. The number of rotatable bonds is 5. The van der Waals surface area contributed by atoms with E-state index in [1.807, 2.05) is 0 Å². The average Bonchev–Trinajstić information content (AvgIpc) is 2.89. The number of benzene rings is 2. The molecule has 0 amide bonds. The summed E-state index contributed by atoms with van der Waals surface area (Å²) in [6.45, 7) is 0. The van der Waals surface area contributed by atoms with Gasteiger partial charge in [-0.25, -0.2) is 13.1 Å². The fourth-order valence-electron chi connectivity index (χ4n) is 3.29. The summed E-state index contributed by atoms with van der Waals surface area (Å²) in [5.74, 6) is -1.02. The Kier molecular flexibility index (Phi) is 5.67. The lowest BCUT2D eigenvalue weighted by atomic mass is 9.94. The van der Waals surface area contributed by atoms with Crippen LogP contribution in [0.15, 0.2) is 59.5 Å². The zero-order valence-corrected chi connectivity index (χ0v) is 15.2. The molecule has 0 bridgehead atoms. The highest BCUT2D eigenvalue weighted by molar-refractivity contribution is 7.89. The minimum absolute atomic E-state index is 0.163. The van der Waals surface area contributed by atoms with E-state index < -0.39 is 46.3 Å². The molecule has 0 aliphatic heterocycles. The molecule has 4 atom stereocenters. The van der Waals surface area contributed by atoms with Crippen molar-refractivity contribution in [1.82, 2.24) is 4.72 Å². The summed E-state index contributed by atoms with van der Waals surface area (Å²) in [6, 6.07) is 11.6. The van der Waals surface area contributed by atoms with Crippen molar-refractivity contribution in [1.29, 1.82) is 0 Å². The van der Waals surface area contributed by atoms with Crippen LogP contribution in [0.25, 0.3) is 0 Å². The first-order valence-electron chi connectivity index (χ1n) is 8.36. The number of sulfonamides is 1. The minimum Gasteiger partial charge on any atom is -0.406 e. The van der Waals surface area contributed by atoms with Crippen LogP contribution in [0.4, 0.5) is 13.2 Å². The van der Waals surface area contributed by atoms with Gasteiger partial charge in [-0.1, -0.05) is 30.3 Å². The number of hydrogen-bond acceptors (Lipinski definition) is 5. The van der Waals surface area contributed by atoms with E-state index in [4.69, 9.17) is 0 Å². The van der Waals surface area contributed by atoms with Crippen molar-refractivity contribution < 1.29 is 36.5 Å². The number of halogens is 3.